The Balaban J connectivity index is 1.26. The van der Waals surface area contributed by atoms with E-state index < -0.39 is 11.9 Å². The zero-order chi connectivity index (χ0) is 26.2. The summed E-state index contributed by atoms with van der Waals surface area (Å²) in [7, 11) is 1.35. The maximum Gasteiger partial charge on any atom is 0.335 e. The van der Waals surface area contributed by atoms with Crippen molar-refractivity contribution in [2.45, 2.75) is 6.61 Å². The molecule has 1 heterocycles. The predicted molar refractivity (Wildman–Crippen MR) is 140 cm³/mol. The lowest BCUT2D eigenvalue weighted by Gasteiger charge is -2.36. The summed E-state index contributed by atoms with van der Waals surface area (Å²) in [6.45, 7) is 3.03. The van der Waals surface area contributed by atoms with E-state index in [0.717, 1.165) is 29.9 Å². The molecule has 0 aliphatic carbocycles. The van der Waals surface area contributed by atoms with Crippen LogP contribution in [0, 0.1) is 0 Å². The molecule has 4 rings (SSSR count). The molecule has 190 valence electrons. The highest BCUT2D eigenvalue weighted by molar-refractivity contribution is 5.94. The molecule has 0 aromatic heterocycles. The van der Waals surface area contributed by atoms with Gasteiger partial charge in [0.2, 0.25) is 0 Å². The van der Waals surface area contributed by atoms with Gasteiger partial charge in [-0.25, -0.2) is 9.59 Å². The smallest absolute Gasteiger partial charge is 0.335 e. The number of ether oxygens (including phenoxy) is 2. The van der Waals surface area contributed by atoms with Crippen molar-refractivity contribution in [3.05, 3.63) is 101 Å². The SMILES string of the molecule is COC(=O)/C=C/c1ccc(N2CCN(C(=O)c3ccc(COc4ccc(C(=O)O)cc4)cc3)CC2)cc1. The van der Waals surface area contributed by atoms with E-state index in [2.05, 4.69) is 9.64 Å². The third-order valence-corrected chi connectivity index (χ3v) is 6.15. The van der Waals surface area contributed by atoms with Gasteiger partial charge in [-0.15, -0.1) is 0 Å². The number of hydrogen-bond donors (Lipinski definition) is 1. The maximum atomic E-state index is 13.0. The minimum atomic E-state index is -0.978. The second-order valence-corrected chi connectivity index (χ2v) is 8.54. The maximum absolute atomic E-state index is 13.0. The summed E-state index contributed by atoms with van der Waals surface area (Å²) in [4.78, 5) is 39.3. The van der Waals surface area contributed by atoms with Gasteiger partial charge in [0.05, 0.1) is 12.7 Å². The number of esters is 1. The quantitative estimate of drug-likeness (QED) is 0.367. The van der Waals surface area contributed by atoms with Gasteiger partial charge in [-0.3, -0.25) is 4.79 Å². The van der Waals surface area contributed by atoms with Gasteiger partial charge < -0.3 is 24.4 Å². The average Bonchev–Trinajstić information content (AvgIpc) is 2.95. The number of carbonyl (C=O) groups is 3. The fraction of sp³-hybridized carbons (Fsp3) is 0.207. The molecule has 0 spiro atoms. The van der Waals surface area contributed by atoms with Crippen LogP contribution in [0.4, 0.5) is 5.69 Å². The Morgan fingerprint density at radius 3 is 2.05 bits per heavy atom. The summed E-state index contributed by atoms with van der Waals surface area (Å²) in [5.41, 5.74) is 3.73. The van der Waals surface area contributed by atoms with Crippen molar-refractivity contribution in [1.82, 2.24) is 4.90 Å². The van der Waals surface area contributed by atoms with Gasteiger partial charge in [-0.2, -0.15) is 0 Å². The van der Waals surface area contributed by atoms with E-state index >= 15 is 0 Å². The Morgan fingerprint density at radius 2 is 1.46 bits per heavy atom. The van der Waals surface area contributed by atoms with Crippen molar-refractivity contribution in [2.24, 2.45) is 0 Å². The summed E-state index contributed by atoms with van der Waals surface area (Å²) in [6, 6.07) is 21.5. The Labute approximate surface area is 215 Å². The van der Waals surface area contributed by atoms with E-state index in [-0.39, 0.29) is 11.5 Å². The summed E-state index contributed by atoms with van der Waals surface area (Å²) < 4.78 is 10.3. The lowest BCUT2D eigenvalue weighted by Crippen LogP contribution is -2.48. The number of rotatable bonds is 8. The van der Waals surface area contributed by atoms with Crippen molar-refractivity contribution in [1.29, 1.82) is 0 Å². The summed E-state index contributed by atoms with van der Waals surface area (Å²) in [5.74, 6) is -0.791. The van der Waals surface area contributed by atoms with E-state index in [1.54, 1.807) is 18.2 Å². The monoisotopic (exact) mass is 500 g/mol. The predicted octanol–water partition coefficient (Wildman–Crippen LogP) is 4.11. The molecule has 0 unspecified atom stereocenters. The zero-order valence-corrected chi connectivity index (χ0v) is 20.5. The zero-order valence-electron chi connectivity index (χ0n) is 20.5. The van der Waals surface area contributed by atoms with Crippen molar-refractivity contribution in [3.63, 3.8) is 0 Å². The molecule has 1 saturated heterocycles. The van der Waals surface area contributed by atoms with Gasteiger partial charge in [0.15, 0.2) is 0 Å². The van der Waals surface area contributed by atoms with Crippen LogP contribution in [0.25, 0.3) is 6.08 Å². The van der Waals surface area contributed by atoms with Crippen molar-refractivity contribution < 1.29 is 29.0 Å². The Morgan fingerprint density at radius 1 is 0.838 bits per heavy atom. The van der Waals surface area contributed by atoms with Gasteiger partial charge in [0, 0.05) is 43.5 Å². The summed E-state index contributed by atoms with van der Waals surface area (Å²) >= 11 is 0. The third-order valence-electron chi connectivity index (χ3n) is 6.15. The molecule has 1 aliphatic heterocycles. The molecule has 37 heavy (non-hydrogen) atoms. The lowest BCUT2D eigenvalue weighted by molar-refractivity contribution is -0.134. The van der Waals surface area contributed by atoms with E-state index in [1.165, 1.54) is 25.3 Å². The first kappa shape index (κ1) is 25.5. The molecule has 8 nitrogen and oxygen atoms in total. The van der Waals surface area contributed by atoms with Crippen LogP contribution in [0.5, 0.6) is 5.75 Å². The third kappa shape index (κ3) is 6.76. The minimum absolute atomic E-state index is 0.000303. The highest BCUT2D eigenvalue weighted by Gasteiger charge is 2.22. The number of nitrogens with zero attached hydrogens (tertiary/aromatic N) is 2. The highest BCUT2D eigenvalue weighted by Crippen LogP contribution is 2.20. The van der Waals surface area contributed by atoms with E-state index in [1.807, 2.05) is 53.4 Å². The highest BCUT2D eigenvalue weighted by atomic mass is 16.5. The Bertz CT molecular complexity index is 1260. The van der Waals surface area contributed by atoms with Crippen LogP contribution in [-0.4, -0.2) is 61.1 Å². The average molecular weight is 501 g/mol. The van der Waals surface area contributed by atoms with Crippen LogP contribution in [0.1, 0.15) is 31.8 Å². The lowest BCUT2D eigenvalue weighted by atomic mass is 10.1. The number of methoxy groups -OCH3 is 1. The number of hydrogen-bond acceptors (Lipinski definition) is 6. The van der Waals surface area contributed by atoms with Crippen LogP contribution < -0.4 is 9.64 Å². The first-order chi connectivity index (χ1) is 17.9. The van der Waals surface area contributed by atoms with Crippen LogP contribution in [0.2, 0.25) is 0 Å². The number of amides is 1. The first-order valence-corrected chi connectivity index (χ1v) is 11.9. The van der Waals surface area contributed by atoms with Gasteiger partial charge in [0.25, 0.3) is 5.91 Å². The number of carbonyl (C=O) groups excluding carboxylic acids is 2. The number of benzene rings is 3. The molecule has 0 atom stereocenters. The van der Waals surface area contributed by atoms with E-state index in [0.29, 0.717) is 31.0 Å². The molecule has 3 aromatic carbocycles. The Hall–Kier alpha value is -4.59. The first-order valence-electron chi connectivity index (χ1n) is 11.9. The molecular weight excluding hydrogens is 472 g/mol. The van der Waals surface area contributed by atoms with Crippen LogP contribution in [-0.2, 0) is 16.1 Å². The minimum Gasteiger partial charge on any atom is -0.489 e. The van der Waals surface area contributed by atoms with Gasteiger partial charge >= 0.3 is 11.9 Å². The Kier molecular flexibility index (Phi) is 8.20. The largest absolute Gasteiger partial charge is 0.489 e. The van der Waals surface area contributed by atoms with Crippen LogP contribution >= 0.6 is 0 Å². The second-order valence-electron chi connectivity index (χ2n) is 8.54. The summed E-state index contributed by atoms with van der Waals surface area (Å²) in [6.07, 6.45) is 3.10. The fourth-order valence-electron chi connectivity index (χ4n) is 3.98. The number of anilines is 1. The van der Waals surface area contributed by atoms with Crippen molar-refractivity contribution in [2.75, 3.05) is 38.2 Å². The normalized spacial score (nSPS) is 13.4. The molecule has 1 N–H and O–H groups in total. The van der Waals surface area contributed by atoms with Gasteiger partial charge in [0.1, 0.15) is 12.4 Å². The van der Waals surface area contributed by atoms with E-state index in [4.69, 9.17) is 9.84 Å². The fourth-order valence-corrected chi connectivity index (χ4v) is 3.98. The molecule has 0 bridgehead atoms. The van der Waals surface area contributed by atoms with Crippen molar-refractivity contribution >= 4 is 29.6 Å². The van der Waals surface area contributed by atoms with Crippen LogP contribution in [0.15, 0.2) is 78.9 Å². The number of aromatic carboxylic acids is 1. The van der Waals surface area contributed by atoms with Gasteiger partial charge in [-0.1, -0.05) is 24.3 Å². The molecule has 1 aliphatic rings. The number of carboxylic acid groups (broad SMARTS) is 1. The van der Waals surface area contributed by atoms with Crippen molar-refractivity contribution in [3.8, 4) is 5.75 Å². The number of piperazine rings is 1. The summed E-state index contributed by atoms with van der Waals surface area (Å²) in [5, 5.41) is 8.97. The molecule has 8 heteroatoms. The molecule has 1 fully saturated rings. The molecule has 3 aromatic rings. The second kappa shape index (κ2) is 11.9. The molecule has 0 saturated carbocycles. The van der Waals surface area contributed by atoms with E-state index in [9.17, 15) is 14.4 Å². The molecular formula is C29H28N2O6. The number of carboxylic acids is 1. The topological polar surface area (TPSA) is 96.4 Å². The van der Waals surface area contributed by atoms with Crippen LogP contribution in [0.3, 0.4) is 0 Å². The molecule has 1 amide bonds. The standard InChI is InChI=1S/C29H28N2O6/c1-36-27(32)15-6-21-4-11-25(12-5-21)30-16-18-31(19-17-30)28(33)23-7-2-22(3-8-23)20-37-26-13-9-24(10-14-26)29(34)35/h2-15H,16-20H2,1H3,(H,34,35)/b15-6+. The van der Waals surface area contributed by atoms with Gasteiger partial charge in [-0.05, 0) is 65.7 Å². The molecule has 0 radical (unpaired) electrons.